The van der Waals surface area contributed by atoms with Crippen LogP contribution in [-0.2, 0) is 0 Å². The maximum absolute atomic E-state index is 13.5. The van der Waals surface area contributed by atoms with E-state index in [9.17, 15) is 13.2 Å². The molecule has 0 aromatic heterocycles. The first-order chi connectivity index (χ1) is 7.61. The number of benzene rings is 1. The highest BCUT2D eigenvalue weighted by molar-refractivity contribution is 5.23. The first-order valence-corrected chi connectivity index (χ1v) is 5.48. The van der Waals surface area contributed by atoms with E-state index in [1.165, 1.54) is 6.07 Å². The molecule has 1 aromatic rings. The van der Waals surface area contributed by atoms with Crippen molar-refractivity contribution in [3.63, 3.8) is 0 Å². The predicted molar refractivity (Wildman–Crippen MR) is 57.6 cm³/mol. The zero-order valence-electron chi connectivity index (χ0n) is 9.49. The van der Waals surface area contributed by atoms with Crippen molar-refractivity contribution in [2.75, 3.05) is 6.54 Å². The van der Waals surface area contributed by atoms with E-state index in [0.717, 1.165) is 19.0 Å². The summed E-state index contributed by atoms with van der Waals surface area (Å²) in [6, 6.07) is 1.99. The Morgan fingerprint density at radius 1 is 1.12 bits per heavy atom. The molecule has 90 valence electrons. The second kappa shape index (κ2) is 5.89. The average molecular weight is 231 g/mol. The summed E-state index contributed by atoms with van der Waals surface area (Å²) < 4.78 is 39.2. The normalized spacial score (nSPS) is 12.8. The van der Waals surface area contributed by atoms with Gasteiger partial charge < -0.3 is 5.32 Å². The third-order valence-electron chi connectivity index (χ3n) is 2.49. The van der Waals surface area contributed by atoms with Crippen molar-refractivity contribution in [2.24, 2.45) is 0 Å². The van der Waals surface area contributed by atoms with E-state index in [0.29, 0.717) is 6.42 Å². The van der Waals surface area contributed by atoms with E-state index in [2.05, 4.69) is 5.32 Å². The number of rotatable bonds is 5. The molecule has 16 heavy (non-hydrogen) atoms. The predicted octanol–water partition coefficient (Wildman–Crippen LogP) is 3.55. The molecule has 0 bridgehead atoms. The molecule has 0 spiro atoms. The highest BCUT2D eigenvalue weighted by atomic mass is 19.2. The van der Waals surface area contributed by atoms with Crippen molar-refractivity contribution < 1.29 is 13.2 Å². The molecular weight excluding hydrogens is 215 g/mol. The van der Waals surface area contributed by atoms with E-state index in [4.69, 9.17) is 0 Å². The van der Waals surface area contributed by atoms with Gasteiger partial charge in [0.2, 0.25) is 0 Å². The maximum Gasteiger partial charge on any atom is 0.194 e. The molecule has 1 N–H and O–H groups in total. The zero-order chi connectivity index (χ0) is 12.1. The average Bonchev–Trinajstić information content (AvgIpc) is 2.29. The Morgan fingerprint density at radius 2 is 1.81 bits per heavy atom. The van der Waals surface area contributed by atoms with Crippen LogP contribution < -0.4 is 5.32 Å². The van der Waals surface area contributed by atoms with Gasteiger partial charge in [-0.2, -0.15) is 0 Å². The maximum atomic E-state index is 13.5. The molecule has 0 aliphatic heterocycles. The lowest BCUT2D eigenvalue weighted by Crippen LogP contribution is -2.23. The monoisotopic (exact) mass is 231 g/mol. The summed E-state index contributed by atoms with van der Waals surface area (Å²) in [5, 5.41) is 3.09. The number of hydrogen-bond acceptors (Lipinski definition) is 1. The zero-order valence-corrected chi connectivity index (χ0v) is 9.49. The standard InChI is InChI=1S/C12H16F3N/c1-3-7-16-10(4-2)8-5-6-9(13)12(15)11(8)14/h5-6,10,16H,3-4,7H2,1-2H3. The summed E-state index contributed by atoms with van der Waals surface area (Å²) in [4.78, 5) is 0. The van der Waals surface area contributed by atoms with Crippen LogP contribution in [0.3, 0.4) is 0 Å². The molecule has 0 saturated heterocycles. The highest BCUT2D eigenvalue weighted by Gasteiger charge is 2.18. The van der Waals surface area contributed by atoms with Gasteiger partial charge in [-0.15, -0.1) is 0 Å². The molecule has 0 aliphatic rings. The van der Waals surface area contributed by atoms with Crippen molar-refractivity contribution in [3.8, 4) is 0 Å². The molecule has 0 heterocycles. The second-order valence-corrected chi connectivity index (χ2v) is 3.68. The van der Waals surface area contributed by atoms with Crippen molar-refractivity contribution in [1.29, 1.82) is 0 Å². The van der Waals surface area contributed by atoms with Crippen molar-refractivity contribution in [2.45, 2.75) is 32.7 Å². The van der Waals surface area contributed by atoms with Gasteiger partial charge in [0.25, 0.3) is 0 Å². The van der Waals surface area contributed by atoms with Crippen molar-refractivity contribution in [1.82, 2.24) is 5.32 Å². The smallest absolute Gasteiger partial charge is 0.194 e. The Hall–Kier alpha value is -1.03. The Bertz CT molecular complexity index is 352. The molecular formula is C12H16F3N. The van der Waals surface area contributed by atoms with Gasteiger partial charge in [0.05, 0.1) is 0 Å². The van der Waals surface area contributed by atoms with Crippen molar-refractivity contribution >= 4 is 0 Å². The topological polar surface area (TPSA) is 12.0 Å². The Kier molecular flexibility index (Phi) is 4.80. The fourth-order valence-corrected chi connectivity index (χ4v) is 1.60. The Labute approximate surface area is 93.7 Å². The minimum Gasteiger partial charge on any atom is -0.310 e. The first kappa shape index (κ1) is 13.0. The van der Waals surface area contributed by atoms with Crippen LogP contribution in [0.2, 0.25) is 0 Å². The molecule has 4 heteroatoms. The van der Waals surface area contributed by atoms with Crippen LogP contribution in [0.4, 0.5) is 13.2 Å². The summed E-state index contributed by atoms with van der Waals surface area (Å²) in [7, 11) is 0. The minimum atomic E-state index is -1.39. The highest BCUT2D eigenvalue weighted by Crippen LogP contribution is 2.23. The van der Waals surface area contributed by atoms with Gasteiger partial charge in [-0.1, -0.05) is 19.9 Å². The number of halogens is 3. The van der Waals surface area contributed by atoms with Gasteiger partial charge in [0, 0.05) is 11.6 Å². The fraction of sp³-hybridized carbons (Fsp3) is 0.500. The lowest BCUT2D eigenvalue weighted by atomic mass is 10.0. The number of nitrogens with one attached hydrogen (secondary N) is 1. The second-order valence-electron chi connectivity index (χ2n) is 3.68. The Balaban J connectivity index is 2.96. The first-order valence-electron chi connectivity index (χ1n) is 5.48. The van der Waals surface area contributed by atoms with Crippen LogP contribution in [0.1, 0.15) is 38.3 Å². The van der Waals surface area contributed by atoms with Crippen LogP contribution in [0.25, 0.3) is 0 Å². The van der Waals surface area contributed by atoms with Gasteiger partial charge in [-0.25, -0.2) is 13.2 Å². The lowest BCUT2D eigenvalue weighted by Gasteiger charge is -2.17. The molecule has 0 aliphatic carbocycles. The van der Waals surface area contributed by atoms with Gasteiger partial charge in [-0.3, -0.25) is 0 Å². The van der Waals surface area contributed by atoms with E-state index in [1.807, 2.05) is 13.8 Å². The third kappa shape index (κ3) is 2.76. The van der Waals surface area contributed by atoms with Crippen LogP contribution in [-0.4, -0.2) is 6.54 Å². The minimum absolute atomic E-state index is 0.190. The van der Waals surface area contributed by atoms with Crippen LogP contribution >= 0.6 is 0 Å². The SMILES string of the molecule is CCCNC(CC)c1ccc(F)c(F)c1F. The summed E-state index contributed by atoms with van der Waals surface area (Å²) in [5.41, 5.74) is 0.190. The van der Waals surface area contributed by atoms with E-state index in [1.54, 1.807) is 0 Å². The fourth-order valence-electron chi connectivity index (χ4n) is 1.60. The third-order valence-corrected chi connectivity index (χ3v) is 2.49. The molecule has 0 radical (unpaired) electrons. The van der Waals surface area contributed by atoms with Gasteiger partial charge in [-0.05, 0) is 25.5 Å². The van der Waals surface area contributed by atoms with Gasteiger partial charge >= 0.3 is 0 Å². The van der Waals surface area contributed by atoms with E-state index in [-0.39, 0.29) is 11.6 Å². The molecule has 0 saturated carbocycles. The van der Waals surface area contributed by atoms with Gasteiger partial charge in [0.1, 0.15) is 0 Å². The van der Waals surface area contributed by atoms with Gasteiger partial charge in [0.15, 0.2) is 17.5 Å². The number of hydrogen-bond donors (Lipinski definition) is 1. The summed E-state index contributed by atoms with van der Waals surface area (Å²) >= 11 is 0. The Morgan fingerprint density at radius 3 is 2.38 bits per heavy atom. The largest absolute Gasteiger partial charge is 0.310 e. The summed E-state index contributed by atoms with van der Waals surface area (Å²) in [6.45, 7) is 4.58. The van der Waals surface area contributed by atoms with E-state index < -0.39 is 17.5 Å². The molecule has 1 aromatic carbocycles. The quantitative estimate of drug-likeness (QED) is 0.764. The molecule has 0 amide bonds. The van der Waals surface area contributed by atoms with Crippen LogP contribution in [0.15, 0.2) is 12.1 Å². The molecule has 0 fully saturated rings. The summed E-state index contributed by atoms with van der Waals surface area (Å²) in [6.07, 6.45) is 1.53. The lowest BCUT2D eigenvalue weighted by molar-refractivity contribution is 0.421. The van der Waals surface area contributed by atoms with Crippen LogP contribution in [0, 0.1) is 17.5 Å². The van der Waals surface area contributed by atoms with Crippen molar-refractivity contribution in [3.05, 3.63) is 35.1 Å². The molecule has 1 atom stereocenters. The molecule has 1 unspecified atom stereocenters. The molecule has 1 nitrogen and oxygen atoms in total. The molecule has 1 rings (SSSR count). The van der Waals surface area contributed by atoms with Crippen LogP contribution in [0.5, 0.6) is 0 Å². The van der Waals surface area contributed by atoms with E-state index >= 15 is 0 Å². The summed E-state index contributed by atoms with van der Waals surface area (Å²) in [5.74, 6) is -3.63.